The van der Waals surface area contributed by atoms with E-state index in [0.717, 1.165) is 37.4 Å². The van der Waals surface area contributed by atoms with Gasteiger partial charge in [-0.1, -0.05) is 12.1 Å². The average molecular weight is 340 g/mol. The van der Waals surface area contributed by atoms with Crippen molar-refractivity contribution in [3.63, 3.8) is 0 Å². The minimum absolute atomic E-state index is 0.275. The van der Waals surface area contributed by atoms with E-state index in [1.807, 2.05) is 25.1 Å². The van der Waals surface area contributed by atoms with Gasteiger partial charge in [0.25, 0.3) is 5.91 Å². The lowest BCUT2D eigenvalue weighted by atomic mass is 9.96. The fourth-order valence-electron chi connectivity index (χ4n) is 3.45. The molecule has 2 N–H and O–H groups in total. The molecule has 1 aliphatic heterocycles. The third kappa shape index (κ3) is 3.49. The molecule has 1 aromatic heterocycles. The Kier molecular flexibility index (Phi) is 4.72. The van der Waals surface area contributed by atoms with Crippen molar-refractivity contribution < 1.29 is 9.53 Å². The zero-order valence-corrected chi connectivity index (χ0v) is 15.0. The summed E-state index contributed by atoms with van der Waals surface area (Å²) in [5.41, 5.74) is 7.32. The van der Waals surface area contributed by atoms with Gasteiger partial charge in [0.15, 0.2) is 0 Å². The largest absolute Gasteiger partial charge is 0.497 e. The highest BCUT2D eigenvalue weighted by molar-refractivity contribution is 5.90. The molecule has 1 saturated heterocycles. The minimum Gasteiger partial charge on any atom is -0.497 e. The Labute approximate surface area is 148 Å². The van der Waals surface area contributed by atoms with Crippen molar-refractivity contribution in [2.45, 2.75) is 38.8 Å². The van der Waals surface area contributed by atoms with Gasteiger partial charge in [0.1, 0.15) is 17.3 Å². The van der Waals surface area contributed by atoms with Gasteiger partial charge in [-0.25, -0.2) is 9.97 Å². The number of likely N-dealkylation sites (tertiary alicyclic amines) is 1. The van der Waals surface area contributed by atoms with Crippen LogP contribution in [-0.4, -0.2) is 34.4 Å². The molecule has 6 nitrogen and oxygen atoms in total. The smallest absolute Gasteiger partial charge is 0.267 e. The second-order valence-electron chi connectivity index (χ2n) is 6.73. The van der Waals surface area contributed by atoms with Gasteiger partial charge in [0.05, 0.1) is 12.6 Å². The summed E-state index contributed by atoms with van der Waals surface area (Å²) in [5.74, 6) is 0.996. The van der Waals surface area contributed by atoms with Crippen LogP contribution in [0.1, 0.15) is 47.3 Å². The summed E-state index contributed by atoms with van der Waals surface area (Å²) in [6, 6.07) is 9.71. The van der Waals surface area contributed by atoms with Gasteiger partial charge in [0, 0.05) is 12.2 Å². The van der Waals surface area contributed by atoms with Crippen LogP contribution in [0.4, 0.5) is 0 Å². The number of amides is 1. The SMILES string of the molecule is COc1cccc(CN2CCCC2(C)c2nc(C)cc(C(N)=O)n2)c1. The quantitative estimate of drug-likeness (QED) is 0.904. The summed E-state index contributed by atoms with van der Waals surface area (Å²) in [6.07, 6.45) is 2.00. The summed E-state index contributed by atoms with van der Waals surface area (Å²) in [4.78, 5) is 23.0. The van der Waals surface area contributed by atoms with Crippen LogP contribution >= 0.6 is 0 Å². The van der Waals surface area contributed by atoms with Crippen molar-refractivity contribution in [1.82, 2.24) is 14.9 Å². The molecule has 2 heterocycles. The summed E-state index contributed by atoms with van der Waals surface area (Å²) in [7, 11) is 1.67. The number of rotatable bonds is 5. The fraction of sp³-hybridized carbons (Fsp3) is 0.421. The molecule has 0 aliphatic carbocycles. The Bertz CT molecular complexity index is 793. The summed E-state index contributed by atoms with van der Waals surface area (Å²) in [5, 5.41) is 0. The number of nitrogens with zero attached hydrogens (tertiary/aromatic N) is 3. The van der Waals surface area contributed by atoms with E-state index in [-0.39, 0.29) is 11.2 Å². The van der Waals surface area contributed by atoms with Crippen LogP contribution in [0.2, 0.25) is 0 Å². The zero-order chi connectivity index (χ0) is 18.0. The van der Waals surface area contributed by atoms with Gasteiger partial charge >= 0.3 is 0 Å². The van der Waals surface area contributed by atoms with E-state index in [0.29, 0.717) is 5.82 Å². The van der Waals surface area contributed by atoms with Gasteiger partial charge in [-0.3, -0.25) is 9.69 Å². The van der Waals surface area contributed by atoms with Gasteiger partial charge in [-0.05, 0) is 57.0 Å². The van der Waals surface area contributed by atoms with Crippen molar-refractivity contribution in [2.24, 2.45) is 5.73 Å². The van der Waals surface area contributed by atoms with Crippen LogP contribution in [-0.2, 0) is 12.1 Å². The molecule has 3 rings (SSSR count). The molecule has 1 atom stereocenters. The van der Waals surface area contributed by atoms with E-state index < -0.39 is 5.91 Å². The van der Waals surface area contributed by atoms with Crippen molar-refractivity contribution in [2.75, 3.05) is 13.7 Å². The Morgan fingerprint density at radius 1 is 1.36 bits per heavy atom. The highest BCUT2D eigenvalue weighted by atomic mass is 16.5. The third-order valence-corrected chi connectivity index (χ3v) is 4.89. The molecule has 0 spiro atoms. The van der Waals surface area contributed by atoms with Crippen LogP contribution in [0.3, 0.4) is 0 Å². The zero-order valence-electron chi connectivity index (χ0n) is 15.0. The number of primary amides is 1. The minimum atomic E-state index is -0.521. The van der Waals surface area contributed by atoms with Gasteiger partial charge in [0.2, 0.25) is 0 Å². The number of methoxy groups -OCH3 is 1. The monoisotopic (exact) mass is 340 g/mol. The molecule has 2 aromatic rings. The number of carbonyl (C=O) groups excluding carboxylic acids is 1. The maximum absolute atomic E-state index is 11.6. The predicted octanol–water partition coefficient (Wildman–Crippen LogP) is 2.40. The predicted molar refractivity (Wildman–Crippen MR) is 95.3 cm³/mol. The summed E-state index contributed by atoms with van der Waals surface area (Å²) in [6.45, 7) is 5.73. The number of benzene rings is 1. The maximum Gasteiger partial charge on any atom is 0.267 e. The molecular formula is C19H24N4O2. The third-order valence-electron chi connectivity index (χ3n) is 4.89. The van der Waals surface area contributed by atoms with E-state index >= 15 is 0 Å². The molecule has 0 saturated carbocycles. The maximum atomic E-state index is 11.6. The van der Waals surface area contributed by atoms with Crippen molar-refractivity contribution in [3.8, 4) is 5.75 Å². The van der Waals surface area contributed by atoms with Crippen molar-refractivity contribution >= 4 is 5.91 Å². The molecule has 132 valence electrons. The lowest BCUT2D eigenvalue weighted by Gasteiger charge is -2.34. The first-order chi connectivity index (χ1) is 11.9. The first kappa shape index (κ1) is 17.4. The molecule has 1 amide bonds. The number of ether oxygens (including phenoxy) is 1. The summed E-state index contributed by atoms with van der Waals surface area (Å²) < 4.78 is 5.32. The van der Waals surface area contributed by atoms with E-state index in [1.54, 1.807) is 13.2 Å². The highest BCUT2D eigenvalue weighted by Gasteiger charge is 2.41. The number of aromatic nitrogens is 2. The lowest BCUT2D eigenvalue weighted by Crippen LogP contribution is -2.40. The van der Waals surface area contributed by atoms with Crippen molar-refractivity contribution in [3.05, 3.63) is 53.1 Å². The number of nitrogens with two attached hydrogens (primary N) is 1. The van der Waals surface area contributed by atoms with Crippen molar-refractivity contribution in [1.29, 1.82) is 0 Å². The second kappa shape index (κ2) is 6.80. The van der Waals surface area contributed by atoms with Gasteiger partial charge in [-0.15, -0.1) is 0 Å². The molecule has 1 fully saturated rings. The van der Waals surface area contributed by atoms with E-state index in [2.05, 4.69) is 27.9 Å². The van der Waals surface area contributed by atoms with E-state index in [4.69, 9.17) is 10.5 Å². The first-order valence-corrected chi connectivity index (χ1v) is 8.46. The lowest BCUT2D eigenvalue weighted by molar-refractivity contribution is 0.0991. The normalized spacial score (nSPS) is 20.6. The molecule has 6 heteroatoms. The molecule has 25 heavy (non-hydrogen) atoms. The average Bonchev–Trinajstić information content (AvgIpc) is 2.96. The van der Waals surface area contributed by atoms with Crippen LogP contribution < -0.4 is 10.5 Å². The fourth-order valence-corrected chi connectivity index (χ4v) is 3.45. The Morgan fingerprint density at radius 3 is 2.88 bits per heavy atom. The van der Waals surface area contributed by atoms with Gasteiger partial charge in [-0.2, -0.15) is 0 Å². The first-order valence-electron chi connectivity index (χ1n) is 8.46. The number of aryl methyl sites for hydroxylation is 1. The standard InChI is InChI=1S/C19H24N4O2/c1-13-10-16(17(20)24)22-18(21-13)19(2)8-5-9-23(19)12-14-6-4-7-15(11-14)25-3/h4,6-7,10-11H,5,8-9,12H2,1-3H3,(H2,20,24). The molecule has 0 bridgehead atoms. The van der Waals surface area contributed by atoms with E-state index in [9.17, 15) is 4.79 Å². The van der Waals surface area contributed by atoms with Crippen LogP contribution in [0, 0.1) is 6.92 Å². The van der Waals surface area contributed by atoms with Gasteiger partial charge < -0.3 is 10.5 Å². The van der Waals surface area contributed by atoms with E-state index in [1.165, 1.54) is 5.56 Å². The Morgan fingerprint density at radius 2 is 2.16 bits per heavy atom. The molecule has 1 aliphatic rings. The molecule has 1 unspecified atom stereocenters. The Hall–Kier alpha value is -2.47. The number of carbonyl (C=O) groups is 1. The molecule has 0 radical (unpaired) electrons. The number of hydrogen-bond acceptors (Lipinski definition) is 5. The Balaban J connectivity index is 1.92. The highest BCUT2D eigenvalue weighted by Crippen LogP contribution is 2.38. The van der Waals surface area contributed by atoms with Crippen LogP contribution in [0.5, 0.6) is 5.75 Å². The second-order valence-corrected chi connectivity index (χ2v) is 6.73. The number of hydrogen-bond donors (Lipinski definition) is 1. The summed E-state index contributed by atoms with van der Waals surface area (Å²) >= 11 is 0. The van der Waals surface area contributed by atoms with Crippen LogP contribution in [0.15, 0.2) is 30.3 Å². The van der Waals surface area contributed by atoms with Crippen LogP contribution in [0.25, 0.3) is 0 Å². The molecular weight excluding hydrogens is 316 g/mol. The topological polar surface area (TPSA) is 81.3 Å². The molecule has 1 aromatic carbocycles.